The molecule has 0 radical (unpaired) electrons. The molecule has 1 aromatic heterocycles. The first-order chi connectivity index (χ1) is 11.9. The standard InChI is InChI=1S/C16H14F2N4O3/c1-16(13-10(17)4-3-5-11(13)18)14(23)22(15(24)19-16)8-9-6-7-12(25-2)21-20-9/h3-7H,8H2,1-2H3,(H,19,24)/t16-/m1/s1. The van der Waals surface area contributed by atoms with Gasteiger partial charge in [0.2, 0.25) is 5.88 Å². The number of nitrogens with one attached hydrogen (secondary N) is 1. The minimum Gasteiger partial charge on any atom is -0.480 e. The molecule has 3 rings (SSSR count). The van der Waals surface area contributed by atoms with Gasteiger partial charge >= 0.3 is 6.03 Å². The van der Waals surface area contributed by atoms with E-state index in [0.717, 1.165) is 17.0 Å². The van der Waals surface area contributed by atoms with E-state index >= 15 is 0 Å². The van der Waals surface area contributed by atoms with Gasteiger partial charge in [0.15, 0.2) is 0 Å². The third-order valence-corrected chi connectivity index (χ3v) is 3.96. The number of aromatic nitrogens is 2. The highest BCUT2D eigenvalue weighted by atomic mass is 19.1. The summed E-state index contributed by atoms with van der Waals surface area (Å²) in [6.45, 7) is 1.07. The summed E-state index contributed by atoms with van der Waals surface area (Å²) >= 11 is 0. The van der Waals surface area contributed by atoms with E-state index in [2.05, 4.69) is 15.5 Å². The maximum absolute atomic E-state index is 14.1. The smallest absolute Gasteiger partial charge is 0.325 e. The van der Waals surface area contributed by atoms with Crippen molar-refractivity contribution >= 4 is 11.9 Å². The average Bonchev–Trinajstić information content (AvgIpc) is 2.79. The molecule has 1 aliphatic rings. The second-order valence-electron chi connectivity index (χ2n) is 5.61. The fraction of sp³-hybridized carbons (Fsp3) is 0.250. The monoisotopic (exact) mass is 348 g/mol. The van der Waals surface area contributed by atoms with Crippen molar-refractivity contribution in [2.75, 3.05) is 7.11 Å². The second kappa shape index (κ2) is 6.08. The van der Waals surface area contributed by atoms with Crippen molar-refractivity contribution in [1.82, 2.24) is 20.4 Å². The molecule has 1 N–H and O–H groups in total. The molecule has 0 aliphatic carbocycles. The molecule has 9 heteroatoms. The molecule has 0 spiro atoms. The number of rotatable bonds is 4. The number of imide groups is 1. The highest BCUT2D eigenvalue weighted by Gasteiger charge is 2.51. The van der Waals surface area contributed by atoms with Crippen LogP contribution >= 0.6 is 0 Å². The Bertz CT molecular complexity index is 824. The van der Waals surface area contributed by atoms with Crippen LogP contribution in [0.3, 0.4) is 0 Å². The van der Waals surface area contributed by atoms with Crippen LogP contribution in [0.25, 0.3) is 0 Å². The van der Waals surface area contributed by atoms with Crippen LogP contribution in [0.1, 0.15) is 18.2 Å². The number of carbonyl (C=O) groups is 2. The highest BCUT2D eigenvalue weighted by Crippen LogP contribution is 2.33. The van der Waals surface area contributed by atoms with E-state index in [9.17, 15) is 18.4 Å². The number of benzene rings is 1. The van der Waals surface area contributed by atoms with Crippen LogP contribution in [0, 0.1) is 11.6 Å². The van der Waals surface area contributed by atoms with Crippen molar-refractivity contribution in [3.05, 3.63) is 53.2 Å². The van der Waals surface area contributed by atoms with Crippen molar-refractivity contribution in [2.45, 2.75) is 19.0 Å². The van der Waals surface area contributed by atoms with Crippen molar-refractivity contribution in [3.63, 3.8) is 0 Å². The number of ether oxygens (including phenoxy) is 1. The lowest BCUT2D eigenvalue weighted by Crippen LogP contribution is -2.42. The molecule has 3 amide bonds. The van der Waals surface area contributed by atoms with Gasteiger partial charge in [-0.2, -0.15) is 0 Å². The third-order valence-electron chi connectivity index (χ3n) is 3.96. The second-order valence-corrected chi connectivity index (χ2v) is 5.61. The number of nitrogens with zero attached hydrogens (tertiary/aromatic N) is 3. The van der Waals surface area contributed by atoms with Gasteiger partial charge in [-0.15, -0.1) is 10.2 Å². The fourth-order valence-corrected chi connectivity index (χ4v) is 2.69. The normalized spacial score (nSPS) is 19.9. The lowest BCUT2D eigenvalue weighted by atomic mass is 9.91. The van der Waals surface area contributed by atoms with Crippen LogP contribution in [-0.4, -0.2) is 34.1 Å². The molecule has 1 saturated heterocycles. The zero-order chi connectivity index (χ0) is 18.2. The molecule has 2 aromatic rings. The van der Waals surface area contributed by atoms with E-state index < -0.39 is 34.7 Å². The first-order valence-corrected chi connectivity index (χ1v) is 7.32. The number of hydrogen-bond donors (Lipinski definition) is 1. The minimum atomic E-state index is -1.84. The summed E-state index contributed by atoms with van der Waals surface area (Å²) in [6, 6.07) is 5.53. The van der Waals surface area contributed by atoms with Crippen LogP contribution in [0.15, 0.2) is 30.3 Å². The summed E-state index contributed by atoms with van der Waals surface area (Å²) in [5, 5.41) is 9.95. The maximum Gasteiger partial charge on any atom is 0.325 e. The SMILES string of the molecule is COc1ccc(CN2C(=O)N[C@](C)(c3c(F)cccc3F)C2=O)nn1. The molecular formula is C16H14F2N4O3. The molecule has 25 heavy (non-hydrogen) atoms. The van der Waals surface area contributed by atoms with E-state index in [0.29, 0.717) is 5.69 Å². The zero-order valence-corrected chi connectivity index (χ0v) is 13.4. The molecule has 0 bridgehead atoms. The molecule has 1 aliphatic heterocycles. The third kappa shape index (κ3) is 2.77. The lowest BCUT2D eigenvalue weighted by molar-refractivity contribution is -0.131. The Morgan fingerprint density at radius 3 is 2.40 bits per heavy atom. The quantitative estimate of drug-likeness (QED) is 0.851. The molecule has 1 fully saturated rings. The van der Waals surface area contributed by atoms with Crippen molar-refractivity contribution in [1.29, 1.82) is 0 Å². The molecule has 2 heterocycles. The molecule has 0 unspecified atom stereocenters. The van der Waals surface area contributed by atoms with E-state index in [1.807, 2.05) is 0 Å². The van der Waals surface area contributed by atoms with Gasteiger partial charge in [0.05, 0.1) is 24.9 Å². The van der Waals surface area contributed by atoms with E-state index in [-0.39, 0.29) is 12.4 Å². The van der Waals surface area contributed by atoms with E-state index in [1.54, 1.807) is 0 Å². The summed E-state index contributed by atoms with van der Waals surface area (Å²) in [5.74, 6) is -2.33. The Morgan fingerprint density at radius 1 is 1.16 bits per heavy atom. The van der Waals surface area contributed by atoms with Crippen molar-refractivity contribution < 1.29 is 23.1 Å². The maximum atomic E-state index is 14.1. The number of halogens is 2. The van der Waals surface area contributed by atoms with Gasteiger partial charge < -0.3 is 10.1 Å². The summed E-state index contributed by atoms with van der Waals surface area (Å²) in [5.41, 5.74) is -2.02. The van der Waals surface area contributed by atoms with Crippen LogP contribution in [-0.2, 0) is 16.9 Å². The van der Waals surface area contributed by atoms with Gasteiger partial charge in [0, 0.05) is 6.07 Å². The molecule has 0 saturated carbocycles. The fourth-order valence-electron chi connectivity index (χ4n) is 2.69. The predicted molar refractivity (Wildman–Crippen MR) is 81.4 cm³/mol. The van der Waals surface area contributed by atoms with Crippen LogP contribution in [0.4, 0.5) is 13.6 Å². The Balaban J connectivity index is 1.91. The largest absolute Gasteiger partial charge is 0.480 e. The molecule has 7 nitrogen and oxygen atoms in total. The number of urea groups is 1. The van der Waals surface area contributed by atoms with Gasteiger partial charge in [-0.3, -0.25) is 9.69 Å². The topological polar surface area (TPSA) is 84.4 Å². The van der Waals surface area contributed by atoms with Crippen molar-refractivity contribution in [2.24, 2.45) is 0 Å². The van der Waals surface area contributed by atoms with Gasteiger partial charge in [-0.05, 0) is 25.1 Å². The minimum absolute atomic E-state index is 0.187. The Kier molecular flexibility index (Phi) is 4.07. The van der Waals surface area contributed by atoms with Crippen LogP contribution < -0.4 is 10.1 Å². The first-order valence-electron chi connectivity index (χ1n) is 7.32. The highest BCUT2D eigenvalue weighted by molar-refractivity contribution is 6.07. The molecular weight excluding hydrogens is 334 g/mol. The molecule has 130 valence electrons. The van der Waals surface area contributed by atoms with Gasteiger partial charge in [-0.25, -0.2) is 13.6 Å². The number of methoxy groups -OCH3 is 1. The van der Waals surface area contributed by atoms with Crippen LogP contribution in [0.5, 0.6) is 5.88 Å². The number of amides is 3. The Hall–Kier alpha value is -3.10. The van der Waals surface area contributed by atoms with E-state index in [1.165, 1.54) is 32.2 Å². The molecule has 1 atom stereocenters. The number of carbonyl (C=O) groups excluding carboxylic acids is 2. The number of hydrogen-bond acceptors (Lipinski definition) is 5. The predicted octanol–water partition coefficient (Wildman–Crippen LogP) is 1.73. The summed E-state index contributed by atoms with van der Waals surface area (Å²) in [4.78, 5) is 25.7. The summed E-state index contributed by atoms with van der Waals surface area (Å²) in [7, 11) is 1.43. The summed E-state index contributed by atoms with van der Waals surface area (Å²) in [6.07, 6.45) is 0. The van der Waals surface area contributed by atoms with Gasteiger partial charge in [0.25, 0.3) is 5.91 Å². The average molecular weight is 348 g/mol. The lowest BCUT2D eigenvalue weighted by Gasteiger charge is -2.23. The Morgan fingerprint density at radius 2 is 1.84 bits per heavy atom. The van der Waals surface area contributed by atoms with Gasteiger partial charge in [0.1, 0.15) is 17.2 Å². The molecule has 1 aromatic carbocycles. The van der Waals surface area contributed by atoms with Gasteiger partial charge in [-0.1, -0.05) is 6.07 Å². The Labute approximate surface area is 141 Å². The summed E-state index contributed by atoms with van der Waals surface area (Å²) < 4.78 is 33.1. The zero-order valence-electron chi connectivity index (χ0n) is 13.4. The first kappa shape index (κ1) is 16.7. The van der Waals surface area contributed by atoms with E-state index in [4.69, 9.17) is 4.74 Å². The van der Waals surface area contributed by atoms with Crippen LogP contribution in [0.2, 0.25) is 0 Å². The van der Waals surface area contributed by atoms with Crippen molar-refractivity contribution in [3.8, 4) is 5.88 Å².